The third kappa shape index (κ3) is 0.844. The Labute approximate surface area is 47.9 Å². The Balaban J connectivity index is 2.44. The molecule has 1 unspecified atom stereocenters. The van der Waals surface area contributed by atoms with Gasteiger partial charge in [-0.3, -0.25) is 0 Å². The number of aliphatic hydroxyl groups is 2. The van der Waals surface area contributed by atoms with Crippen LogP contribution in [0.4, 0.5) is 0 Å². The van der Waals surface area contributed by atoms with E-state index in [4.69, 9.17) is 10.2 Å². The zero-order valence-corrected chi connectivity index (χ0v) is 4.74. The smallest absolute Gasteiger partial charge is 0.159 e. The average molecular weight is 118 g/mol. The largest absolute Gasteiger partial charge is 0.390 e. The quantitative estimate of drug-likeness (QED) is 0.443. The Morgan fingerprint density at radius 3 is 2.25 bits per heavy atom. The molecule has 1 aliphatic rings. The molecule has 1 saturated heterocycles. The normalized spacial score (nSPS) is 47.6. The van der Waals surface area contributed by atoms with Crippen LogP contribution >= 0.6 is 0 Å². The predicted molar refractivity (Wildman–Crippen MR) is 27.1 cm³/mol. The molecular weight excluding hydrogens is 108 g/mol. The van der Waals surface area contributed by atoms with E-state index in [1.165, 1.54) is 0 Å². The van der Waals surface area contributed by atoms with E-state index in [0.717, 1.165) is 0 Å². The molecule has 0 radical (unpaired) electrons. The van der Waals surface area contributed by atoms with Crippen LogP contribution in [0.3, 0.4) is 0 Å². The van der Waals surface area contributed by atoms with Crippen molar-refractivity contribution in [2.75, 3.05) is 6.61 Å². The number of aliphatic hydroxyl groups excluding tert-OH is 2. The number of hydrogen-bond donors (Lipinski definition) is 2. The maximum Gasteiger partial charge on any atom is 0.159 e. The molecule has 0 aromatic heterocycles. The first-order valence-electron chi connectivity index (χ1n) is 2.69. The highest BCUT2D eigenvalue weighted by Crippen LogP contribution is 2.17. The SMILES string of the molecule is C[C@H]1C(O)OC[C@@H]1O. The van der Waals surface area contributed by atoms with Crippen molar-refractivity contribution in [3.63, 3.8) is 0 Å². The lowest BCUT2D eigenvalue weighted by atomic mass is 10.1. The fourth-order valence-corrected chi connectivity index (χ4v) is 0.691. The molecule has 0 amide bonds. The van der Waals surface area contributed by atoms with Crippen molar-refractivity contribution in [1.82, 2.24) is 0 Å². The highest BCUT2D eigenvalue weighted by Gasteiger charge is 2.30. The second-order valence-electron chi connectivity index (χ2n) is 2.15. The lowest BCUT2D eigenvalue weighted by Crippen LogP contribution is -2.19. The molecule has 0 spiro atoms. The van der Waals surface area contributed by atoms with Crippen molar-refractivity contribution in [1.29, 1.82) is 0 Å². The van der Waals surface area contributed by atoms with Gasteiger partial charge in [0, 0.05) is 5.92 Å². The summed E-state index contributed by atoms with van der Waals surface area (Å²) in [6, 6.07) is 0. The molecule has 2 N–H and O–H groups in total. The number of hydrogen-bond acceptors (Lipinski definition) is 3. The zero-order valence-electron chi connectivity index (χ0n) is 4.74. The molecule has 0 saturated carbocycles. The van der Waals surface area contributed by atoms with Crippen LogP contribution in [-0.4, -0.2) is 29.2 Å². The molecule has 48 valence electrons. The average Bonchev–Trinajstić information content (AvgIpc) is 1.98. The van der Waals surface area contributed by atoms with Gasteiger partial charge in [0.15, 0.2) is 6.29 Å². The standard InChI is InChI=1S/C5H10O3/c1-3-4(6)2-8-5(3)7/h3-7H,2H2,1H3/t3-,4+,5?/m1/s1. The van der Waals surface area contributed by atoms with E-state index < -0.39 is 12.4 Å². The summed E-state index contributed by atoms with van der Waals surface area (Å²) in [6.07, 6.45) is -1.24. The molecule has 1 aliphatic heterocycles. The minimum atomic E-state index is -0.759. The van der Waals surface area contributed by atoms with E-state index in [-0.39, 0.29) is 12.5 Å². The van der Waals surface area contributed by atoms with Crippen molar-refractivity contribution < 1.29 is 14.9 Å². The Hall–Kier alpha value is -0.120. The summed E-state index contributed by atoms with van der Waals surface area (Å²) in [7, 11) is 0. The van der Waals surface area contributed by atoms with E-state index >= 15 is 0 Å². The lowest BCUT2D eigenvalue weighted by Gasteiger charge is -2.07. The summed E-state index contributed by atoms with van der Waals surface area (Å²) in [6.45, 7) is 2.02. The van der Waals surface area contributed by atoms with Crippen molar-refractivity contribution in [2.24, 2.45) is 5.92 Å². The Bertz CT molecular complexity index is 73.7. The Kier molecular flexibility index (Phi) is 1.51. The van der Waals surface area contributed by atoms with E-state index in [1.54, 1.807) is 6.92 Å². The monoisotopic (exact) mass is 118 g/mol. The lowest BCUT2D eigenvalue weighted by molar-refractivity contribution is -0.0788. The Morgan fingerprint density at radius 2 is 2.12 bits per heavy atom. The number of ether oxygens (including phenoxy) is 1. The first kappa shape index (κ1) is 6.01. The number of rotatable bonds is 0. The fourth-order valence-electron chi connectivity index (χ4n) is 0.691. The predicted octanol–water partition coefficient (Wildman–Crippen LogP) is -0.668. The van der Waals surface area contributed by atoms with Gasteiger partial charge in [0.1, 0.15) is 0 Å². The van der Waals surface area contributed by atoms with Crippen LogP contribution in [0.2, 0.25) is 0 Å². The molecule has 1 fully saturated rings. The van der Waals surface area contributed by atoms with Gasteiger partial charge < -0.3 is 14.9 Å². The molecular formula is C5H10O3. The van der Waals surface area contributed by atoms with Crippen LogP contribution in [0.5, 0.6) is 0 Å². The van der Waals surface area contributed by atoms with Gasteiger partial charge in [0.05, 0.1) is 12.7 Å². The first-order valence-corrected chi connectivity index (χ1v) is 2.69. The van der Waals surface area contributed by atoms with Gasteiger partial charge in [-0.2, -0.15) is 0 Å². The molecule has 1 rings (SSSR count). The van der Waals surface area contributed by atoms with Crippen molar-refractivity contribution in [3.8, 4) is 0 Å². The third-order valence-corrected chi connectivity index (χ3v) is 1.49. The summed E-state index contributed by atoms with van der Waals surface area (Å²) in [4.78, 5) is 0. The second-order valence-corrected chi connectivity index (χ2v) is 2.15. The zero-order chi connectivity index (χ0) is 6.15. The van der Waals surface area contributed by atoms with E-state index in [0.29, 0.717) is 0 Å². The Morgan fingerprint density at radius 1 is 1.50 bits per heavy atom. The van der Waals surface area contributed by atoms with Gasteiger partial charge >= 0.3 is 0 Å². The van der Waals surface area contributed by atoms with Gasteiger partial charge in [-0.15, -0.1) is 0 Å². The summed E-state index contributed by atoms with van der Waals surface area (Å²) in [5.74, 6) is -0.130. The van der Waals surface area contributed by atoms with Gasteiger partial charge in [-0.1, -0.05) is 6.92 Å². The highest BCUT2D eigenvalue weighted by molar-refractivity contribution is 4.72. The second kappa shape index (κ2) is 2.01. The van der Waals surface area contributed by atoms with Gasteiger partial charge in [0.2, 0.25) is 0 Å². The maximum absolute atomic E-state index is 8.88. The van der Waals surface area contributed by atoms with Gasteiger partial charge in [-0.25, -0.2) is 0 Å². The topological polar surface area (TPSA) is 49.7 Å². The molecule has 1 heterocycles. The molecule has 8 heavy (non-hydrogen) atoms. The van der Waals surface area contributed by atoms with Crippen LogP contribution in [0, 0.1) is 5.92 Å². The highest BCUT2D eigenvalue weighted by atomic mass is 16.6. The van der Waals surface area contributed by atoms with E-state index in [2.05, 4.69) is 4.74 Å². The molecule has 0 aliphatic carbocycles. The van der Waals surface area contributed by atoms with Crippen LogP contribution in [0.15, 0.2) is 0 Å². The summed E-state index contributed by atoms with van der Waals surface area (Å²) >= 11 is 0. The minimum Gasteiger partial charge on any atom is -0.390 e. The van der Waals surface area contributed by atoms with Gasteiger partial charge in [-0.05, 0) is 0 Å². The molecule has 3 atom stereocenters. The van der Waals surface area contributed by atoms with Gasteiger partial charge in [0.25, 0.3) is 0 Å². The summed E-state index contributed by atoms with van der Waals surface area (Å²) < 4.78 is 4.68. The van der Waals surface area contributed by atoms with E-state index in [1.807, 2.05) is 0 Å². The van der Waals surface area contributed by atoms with Crippen molar-refractivity contribution in [3.05, 3.63) is 0 Å². The first-order chi connectivity index (χ1) is 3.72. The minimum absolute atomic E-state index is 0.130. The molecule has 0 aromatic rings. The van der Waals surface area contributed by atoms with Crippen LogP contribution in [0.25, 0.3) is 0 Å². The molecule has 3 heteroatoms. The van der Waals surface area contributed by atoms with Crippen LogP contribution in [0.1, 0.15) is 6.92 Å². The van der Waals surface area contributed by atoms with E-state index in [9.17, 15) is 0 Å². The van der Waals surface area contributed by atoms with Crippen LogP contribution < -0.4 is 0 Å². The van der Waals surface area contributed by atoms with Crippen molar-refractivity contribution in [2.45, 2.75) is 19.3 Å². The fraction of sp³-hybridized carbons (Fsp3) is 1.00. The summed E-state index contributed by atoms with van der Waals surface area (Å²) in [5.41, 5.74) is 0. The maximum atomic E-state index is 8.88. The van der Waals surface area contributed by atoms with Crippen LogP contribution in [-0.2, 0) is 4.74 Å². The third-order valence-electron chi connectivity index (χ3n) is 1.49. The van der Waals surface area contributed by atoms with Crippen molar-refractivity contribution >= 4 is 0 Å². The summed E-state index contributed by atoms with van der Waals surface area (Å²) in [5, 5.41) is 17.7. The molecule has 0 bridgehead atoms. The molecule has 3 nitrogen and oxygen atoms in total. The molecule has 0 aromatic carbocycles.